The van der Waals surface area contributed by atoms with Gasteiger partial charge in [-0.15, -0.1) is 0 Å². The number of rotatable bonds is 6. The molecule has 2 rings (SSSR count). The van der Waals surface area contributed by atoms with Gasteiger partial charge in [-0.3, -0.25) is 9.10 Å². The molecule has 110 valence electrons. The Balaban J connectivity index is 2.02. The highest BCUT2D eigenvalue weighted by molar-refractivity contribution is 7.92. The van der Waals surface area contributed by atoms with Crippen molar-refractivity contribution >= 4 is 21.6 Å². The van der Waals surface area contributed by atoms with Crippen LogP contribution in [0.25, 0.3) is 0 Å². The van der Waals surface area contributed by atoms with E-state index in [4.69, 9.17) is 0 Å². The van der Waals surface area contributed by atoms with Crippen molar-refractivity contribution in [2.24, 2.45) is 5.92 Å². The van der Waals surface area contributed by atoms with Crippen molar-refractivity contribution in [3.8, 4) is 0 Å². The summed E-state index contributed by atoms with van der Waals surface area (Å²) in [5.74, 6) is 0.170. The quantitative estimate of drug-likeness (QED) is 0.860. The summed E-state index contributed by atoms with van der Waals surface area (Å²) in [5.41, 5.74) is 1.63. The molecule has 0 unspecified atom stereocenters. The molecule has 5 nitrogen and oxygen atoms in total. The summed E-state index contributed by atoms with van der Waals surface area (Å²) < 4.78 is 25.1. The van der Waals surface area contributed by atoms with Crippen LogP contribution in [0.5, 0.6) is 0 Å². The summed E-state index contributed by atoms with van der Waals surface area (Å²) in [4.78, 5) is 11.5. The van der Waals surface area contributed by atoms with E-state index in [9.17, 15) is 13.2 Å². The Hall–Kier alpha value is -1.56. The first-order valence-electron chi connectivity index (χ1n) is 6.70. The van der Waals surface area contributed by atoms with Crippen LogP contribution >= 0.6 is 0 Å². The van der Waals surface area contributed by atoms with Crippen LogP contribution in [0.1, 0.15) is 18.4 Å². The highest BCUT2D eigenvalue weighted by Crippen LogP contribution is 2.28. The van der Waals surface area contributed by atoms with Crippen LogP contribution in [-0.2, 0) is 14.8 Å². The Morgan fingerprint density at radius 1 is 1.40 bits per heavy atom. The second kappa shape index (κ2) is 5.83. The molecular weight excluding hydrogens is 276 g/mol. The number of aryl methyl sites for hydroxylation is 1. The largest absolute Gasteiger partial charge is 0.354 e. The highest BCUT2D eigenvalue weighted by atomic mass is 32.2. The van der Waals surface area contributed by atoms with Crippen molar-refractivity contribution in [3.05, 3.63) is 29.8 Å². The van der Waals surface area contributed by atoms with Gasteiger partial charge in [0.2, 0.25) is 15.9 Å². The van der Waals surface area contributed by atoms with Gasteiger partial charge in [-0.2, -0.15) is 0 Å². The van der Waals surface area contributed by atoms with Crippen molar-refractivity contribution < 1.29 is 13.2 Å². The fourth-order valence-corrected chi connectivity index (χ4v) is 2.96. The molecule has 1 saturated carbocycles. The van der Waals surface area contributed by atoms with Gasteiger partial charge in [0.15, 0.2) is 0 Å². The van der Waals surface area contributed by atoms with Gasteiger partial charge in [0.25, 0.3) is 0 Å². The molecule has 1 aromatic rings. The first-order valence-corrected chi connectivity index (χ1v) is 8.55. The molecule has 0 atom stereocenters. The molecule has 1 fully saturated rings. The number of carbonyl (C=O) groups excluding carboxylic acids is 1. The molecular formula is C14H20N2O3S. The average molecular weight is 296 g/mol. The summed E-state index contributed by atoms with van der Waals surface area (Å²) in [6, 6.07) is 7.32. The first kappa shape index (κ1) is 14.8. The highest BCUT2D eigenvalue weighted by Gasteiger charge is 2.29. The number of hydrogen-bond acceptors (Lipinski definition) is 3. The molecule has 6 heteroatoms. The van der Waals surface area contributed by atoms with Crippen LogP contribution in [0.4, 0.5) is 5.69 Å². The topological polar surface area (TPSA) is 66.5 Å². The number of sulfonamides is 1. The molecule has 0 aliphatic heterocycles. The van der Waals surface area contributed by atoms with Gasteiger partial charge in [0.05, 0.1) is 18.5 Å². The Morgan fingerprint density at radius 3 is 2.65 bits per heavy atom. The zero-order valence-electron chi connectivity index (χ0n) is 11.8. The molecule has 1 amide bonds. The SMILES string of the molecule is Cc1cccc(N(CCNC(=O)C2CC2)S(C)(=O)=O)c1. The third-order valence-electron chi connectivity index (χ3n) is 3.25. The van der Waals surface area contributed by atoms with Crippen molar-refractivity contribution in [2.75, 3.05) is 23.7 Å². The summed E-state index contributed by atoms with van der Waals surface area (Å²) >= 11 is 0. The Labute approximate surface area is 120 Å². The number of hydrogen-bond donors (Lipinski definition) is 1. The van der Waals surface area contributed by atoms with Gasteiger partial charge in [0.1, 0.15) is 0 Å². The van der Waals surface area contributed by atoms with Gasteiger partial charge in [-0.05, 0) is 37.5 Å². The molecule has 0 radical (unpaired) electrons. The maximum absolute atomic E-state index is 11.9. The molecule has 0 saturated heterocycles. The maximum Gasteiger partial charge on any atom is 0.232 e. The molecule has 1 aliphatic carbocycles. The molecule has 20 heavy (non-hydrogen) atoms. The molecule has 0 aromatic heterocycles. The normalized spacial score (nSPS) is 14.9. The second-order valence-corrected chi connectivity index (χ2v) is 7.15. The van der Waals surface area contributed by atoms with Crippen molar-refractivity contribution in [3.63, 3.8) is 0 Å². The van der Waals surface area contributed by atoms with E-state index in [1.165, 1.54) is 10.6 Å². The summed E-state index contributed by atoms with van der Waals surface area (Å²) in [5, 5.41) is 2.79. The molecule has 0 heterocycles. The summed E-state index contributed by atoms with van der Waals surface area (Å²) in [7, 11) is -3.36. The minimum atomic E-state index is -3.36. The molecule has 0 spiro atoms. The van der Waals surface area contributed by atoms with Gasteiger partial charge in [-0.1, -0.05) is 12.1 Å². The van der Waals surface area contributed by atoms with E-state index in [1.807, 2.05) is 25.1 Å². The van der Waals surface area contributed by atoms with Crippen LogP contribution in [0.3, 0.4) is 0 Å². The minimum absolute atomic E-state index is 0.0303. The number of nitrogens with one attached hydrogen (secondary N) is 1. The fraction of sp³-hybridized carbons (Fsp3) is 0.500. The summed E-state index contributed by atoms with van der Waals surface area (Å²) in [6.07, 6.45) is 3.07. The zero-order valence-corrected chi connectivity index (χ0v) is 12.6. The lowest BCUT2D eigenvalue weighted by molar-refractivity contribution is -0.122. The van der Waals surface area contributed by atoms with Gasteiger partial charge < -0.3 is 5.32 Å². The third kappa shape index (κ3) is 3.96. The monoisotopic (exact) mass is 296 g/mol. The first-order chi connectivity index (χ1) is 9.38. The zero-order chi connectivity index (χ0) is 14.8. The van der Waals surface area contributed by atoms with Crippen LogP contribution in [0.2, 0.25) is 0 Å². The van der Waals surface area contributed by atoms with E-state index in [0.717, 1.165) is 18.4 Å². The maximum atomic E-state index is 11.9. The van der Waals surface area contributed by atoms with Gasteiger partial charge >= 0.3 is 0 Å². The summed E-state index contributed by atoms with van der Waals surface area (Å²) in [6.45, 7) is 2.50. The van der Waals surface area contributed by atoms with E-state index in [1.54, 1.807) is 6.07 Å². The van der Waals surface area contributed by atoms with Gasteiger partial charge in [-0.25, -0.2) is 8.42 Å². The van der Waals surface area contributed by atoms with Crippen LogP contribution in [-0.4, -0.2) is 33.7 Å². The molecule has 1 aliphatic rings. The third-order valence-corrected chi connectivity index (χ3v) is 4.45. The number of carbonyl (C=O) groups is 1. The standard InChI is InChI=1S/C14H20N2O3S/c1-11-4-3-5-13(10-11)16(20(2,18)19)9-8-15-14(17)12-6-7-12/h3-5,10,12H,6-9H2,1-2H3,(H,15,17). The van der Waals surface area contributed by atoms with Crippen molar-refractivity contribution in [1.29, 1.82) is 0 Å². The van der Waals surface area contributed by atoms with Crippen LogP contribution in [0.15, 0.2) is 24.3 Å². The van der Waals surface area contributed by atoms with E-state index in [-0.39, 0.29) is 18.4 Å². The lowest BCUT2D eigenvalue weighted by Gasteiger charge is -2.23. The van der Waals surface area contributed by atoms with E-state index >= 15 is 0 Å². The predicted molar refractivity (Wildman–Crippen MR) is 79.1 cm³/mol. The van der Waals surface area contributed by atoms with Crippen LogP contribution in [0, 0.1) is 12.8 Å². The van der Waals surface area contributed by atoms with Crippen molar-refractivity contribution in [2.45, 2.75) is 19.8 Å². The fourth-order valence-electron chi connectivity index (χ4n) is 2.04. The Kier molecular flexibility index (Phi) is 4.32. The average Bonchev–Trinajstić information content (AvgIpc) is 3.16. The molecule has 0 bridgehead atoms. The predicted octanol–water partition coefficient (Wildman–Crippen LogP) is 1.29. The molecule has 1 aromatic carbocycles. The Morgan fingerprint density at radius 2 is 2.10 bits per heavy atom. The van der Waals surface area contributed by atoms with E-state index in [0.29, 0.717) is 12.2 Å². The second-order valence-electron chi connectivity index (χ2n) is 5.24. The lowest BCUT2D eigenvalue weighted by atomic mass is 10.2. The smallest absolute Gasteiger partial charge is 0.232 e. The van der Waals surface area contributed by atoms with Crippen molar-refractivity contribution in [1.82, 2.24) is 5.32 Å². The number of anilines is 1. The number of nitrogens with zero attached hydrogens (tertiary/aromatic N) is 1. The van der Waals surface area contributed by atoms with Gasteiger partial charge in [0, 0.05) is 12.5 Å². The number of benzene rings is 1. The van der Waals surface area contributed by atoms with E-state index in [2.05, 4.69) is 5.32 Å². The number of amides is 1. The minimum Gasteiger partial charge on any atom is -0.354 e. The van der Waals surface area contributed by atoms with E-state index < -0.39 is 10.0 Å². The molecule has 1 N–H and O–H groups in total. The lowest BCUT2D eigenvalue weighted by Crippen LogP contribution is -2.38. The Bertz CT molecular complexity index is 594. The van der Waals surface area contributed by atoms with Crippen LogP contribution < -0.4 is 9.62 Å².